The molecule has 0 fully saturated rings. The van der Waals surface area contributed by atoms with Crippen molar-refractivity contribution in [3.05, 3.63) is 152 Å². The fourth-order valence-electron chi connectivity index (χ4n) is 6.40. The first kappa shape index (κ1) is 19.8. The molecule has 9 rings (SSSR count). The minimum absolute atomic E-state index is 0.00167. The predicted octanol–water partition coefficient (Wildman–Crippen LogP) is 11.6. The second-order valence-electron chi connectivity index (χ2n) is 10.7. The lowest BCUT2D eigenvalue weighted by Crippen LogP contribution is -1.94. The van der Waals surface area contributed by atoms with Crippen LogP contribution in [0.2, 0.25) is 0 Å². The Morgan fingerprint density at radius 1 is 0.524 bits per heavy atom. The Balaban J connectivity index is 1.51. The summed E-state index contributed by atoms with van der Waals surface area (Å²) < 4.78 is 38.9. The fraction of sp³-hybridized carbons (Fsp3) is 0. The molecule has 42 heavy (non-hydrogen) atoms. The van der Waals surface area contributed by atoms with Crippen molar-refractivity contribution >= 4 is 64.1 Å². The molecule has 7 aromatic carbocycles. The lowest BCUT2D eigenvalue weighted by Gasteiger charge is -2.12. The molecule has 0 aliphatic carbocycles. The van der Waals surface area contributed by atoms with Crippen molar-refractivity contribution in [2.75, 3.05) is 0 Å². The molecule has 2 aromatic heterocycles. The minimum Gasteiger partial charge on any atom is -0.309 e. The van der Waals surface area contributed by atoms with E-state index in [1.165, 1.54) is 11.3 Å². The third kappa shape index (κ3) is 3.49. The van der Waals surface area contributed by atoms with Gasteiger partial charge in [0.25, 0.3) is 0 Å². The summed E-state index contributed by atoms with van der Waals surface area (Å²) in [5.74, 6) is 0. The molecule has 0 radical (unpaired) electrons. The average molecular weight is 556 g/mol. The van der Waals surface area contributed by atoms with Gasteiger partial charge in [0, 0.05) is 36.6 Å². The third-order valence-corrected chi connectivity index (χ3v) is 9.42. The van der Waals surface area contributed by atoms with Gasteiger partial charge in [-0.2, -0.15) is 0 Å². The van der Waals surface area contributed by atoms with Gasteiger partial charge in [0.2, 0.25) is 0 Å². The summed E-state index contributed by atoms with van der Waals surface area (Å²) >= 11 is 1.47. The molecule has 0 aliphatic heterocycles. The van der Waals surface area contributed by atoms with Crippen molar-refractivity contribution in [1.82, 2.24) is 4.57 Å². The standard InChI is InChI=1S/C40H25NS/c1-3-11-26(12-4-1)29-21-22-32-35(24-29)41(31-15-5-2-6-16-31)36-25-34(30-20-19-27-13-7-8-14-28(27)23-30)38-33-17-9-10-18-37(33)42-40(38)39(32)36/h1-25H/i9D,10D,17D,18D. The van der Waals surface area contributed by atoms with Gasteiger partial charge in [0.1, 0.15) is 0 Å². The van der Waals surface area contributed by atoms with Crippen molar-refractivity contribution in [3.8, 4) is 27.9 Å². The Morgan fingerprint density at radius 2 is 1.26 bits per heavy atom. The monoisotopic (exact) mass is 555 g/mol. The Kier molecular flexibility index (Phi) is 4.33. The molecule has 0 N–H and O–H groups in total. The van der Waals surface area contributed by atoms with E-state index in [0.29, 0.717) is 10.1 Å². The summed E-state index contributed by atoms with van der Waals surface area (Å²) in [6.45, 7) is 0. The molecule has 0 amide bonds. The molecule has 2 heterocycles. The Labute approximate surface area is 253 Å². The predicted molar refractivity (Wildman–Crippen MR) is 182 cm³/mol. The van der Waals surface area contributed by atoms with Crippen LogP contribution in [0.3, 0.4) is 0 Å². The fourth-order valence-corrected chi connectivity index (χ4v) is 7.59. The molecular formula is C40H25NS. The number of fused-ring (bicyclic) bond motifs is 8. The maximum Gasteiger partial charge on any atom is 0.0638 e. The van der Waals surface area contributed by atoms with Crippen LogP contribution in [0.15, 0.2) is 152 Å². The zero-order chi connectivity index (χ0) is 31.1. The first-order valence-corrected chi connectivity index (χ1v) is 14.8. The molecule has 196 valence electrons. The molecule has 0 bridgehead atoms. The summed E-state index contributed by atoms with van der Waals surface area (Å²) in [6.07, 6.45) is 0. The normalized spacial score (nSPS) is 13.1. The van der Waals surface area contributed by atoms with Crippen LogP contribution in [0.4, 0.5) is 0 Å². The highest BCUT2D eigenvalue weighted by atomic mass is 32.1. The number of rotatable bonds is 3. The van der Waals surface area contributed by atoms with Gasteiger partial charge in [-0.25, -0.2) is 0 Å². The van der Waals surface area contributed by atoms with Crippen molar-refractivity contribution in [2.24, 2.45) is 0 Å². The summed E-state index contributed by atoms with van der Waals surface area (Å²) in [5, 5.41) is 5.84. The van der Waals surface area contributed by atoms with Gasteiger partial charge >= 0.3 is 0 Å². The van der Waals surface area contributed by atoms with Crippen molar-refractivity contribution in [3.63, 3.8) is 0 Å². The van der Waals surface area contributed by atoms with Crippen LogP contribution in [0.25, 0.3) is 80.7 Å². The van der Waals surface area contributed by atoms with Crippen LogP contribution in [0, 0.1) is 0 Å². The lowest BCUT2D eigenvalue weighted by molar-refractivity contribution is 1.18. The van der Waals surface area contributed by atoms with E-state index in [2.05, 4.69) is 108 Å². The Bertz CT molecular complexity index is 2670. The second-order valence-corrected chi connectivity index (χ2v) is 11.7. The second kappa shape index (κ2) is 9.17. The van der Waals surface area contributed by atoms with E-state index in [-0.39, 0.29) is 24.2 Å². The highest BCUT2D eigenvalue weighted by molar-refractivity contribution is 7.27. The van der Waals surface area contributed by atoms with E-state index >= 15 is 0 Å². The number of hydrogen-bond donors (Lipinski definition) is 0. The number of aromatic nitrogens is 1. The van der Waals surface area contributed by atoms with Crippen LogP contribution in [-0.4, -0.2) is 4.57 Å². The summed E-state index contributed by atoms with van der Waals surface area (Å²) in [6, 6.07) is 44.0. The lowest BCUT2D eigenvalue weighted by atomic mass is 9.95. The molecule has 0 saturated carbocycles. The van der Waals surface area contributed by atoms with Crippen LogP contribution < -0.4 is 0 Å². The Hall–Kier alpha value is -5.18. The van der Waals surface area contributed by atoms with Crippen molar-refractivity contribution in [1.29, 1.82) is 0 Å². The third-order valence-electron chi connectivity index (χ3n) is 8.30. The number of benzene rings is 7. The van der Waals surface area contributed by atoms with Crippen molar-refractivity contribution in [2.45, 2.75) is 0 Å². The number of hydrogen-bond acceptors (Lipinski definition) is 1. The van der Waals surface area contributed by atoms with Gasteiger partial charge < -0.3 is 4.57 Å². The van der Waals surface area contributed by atoms with E-state index in [1.807, 2.05) is 24.3 Å². The van der Waals surface area contributed by atoms with E-state index in [0.717, 1.165) is 70.6 Å². The highest BCUT2D eigenvalue weighted by Crippen LogP contribution is 2.48. The molecule has 9 aromatic rings. The van der Waals surface area contributed by atoms with E-state index < -0.39 is 0 Å². The molecular weight excluding hydrogens is 527 g/mol. The number of thiophene rings is 1. The zero-order valence-corrected chi connectivity index (χ0v) is 23.3. The van der Waals surface area contributed by atoms with E-state index in [1.54, 1.807) is 0 Å². The zero-order valence-electron chi connectivity index (χ0n) is 26.5. The summed E-state index contributed by atoms with van der Waals surface area (Å²) in [7, 11) is 0. The van der Waals surface area contributed by atoms with Gasteiger partial charge in [-0.15, -0.1) is 11.3 Å². The molecule has 0 atom stereocenters. The van der Waals surface area contributed by atoms with Gasteiger partial charge in [0.05, 0.1) is 16.5 Å². The number of para-hydroxylation sites is 1. The first-order valence-electron chi connectivity index (χ1n) is 16.0. The summed E-state index contributed by atoms with van der Waals surface area (Å²) in [5.41, 5.74) is 7.36. The quantitative estimate of drug-likeness (QED) is 0.204. The van der Waals surface area contributed by atoms with Crippen LogP contribution in [0.1, 0.15) is 5.48 Å². The van der Waals surface area contributed by atoms with Crippen LogP contribution in [-0.2, 0) is 0 Å². The van der Waals surface area contributed by atoms with Crippen LogP contribution in [0.5, 0.6) is 0 Å². The van der Waals surface area contributed by atoms with Gasteiger partial charge in [-0.05, 0) is 69.4 Å². The first-order chi connectivity index (χ1) is 22.5. The van der Waals surface area contributed by atoms with Gasteiger partial charge in [-0.3, -0.25) is 0 Å². The minimum atomic E-state index is -0.207. The van der Waals surface area contributed by atoms with Crippen LogP contribution >= 0.6 is 11.3 Å². The van der Waals surface area contributed by atoms with Gasteiger partial charge in [-0.1, -0.05) is 115 Å². The van der Waals surface area contributed by atoms with Crippen molar-refractivity contribution < 1.29 is 5.48 Å². The largest absolute Gasteiger partial charge is 0.309 e. The molecule has 0 saturated heterocycles. The maximum absolute atomic E-state index is 9.06. The smallest absolute Gasteiger partial charge is 0.0638 e. The highest BCUT2D eigenvalue weighted by Gasteiger charge is 2.21. The molecule has 0 spiro atoms. The Morgan fingerprint density at radius 3 is 2.12 bits per heavy atom. The van der Waals surface area contributed by atoms with E-state index in [9.17, 15) is 0 Å². The van der Waals surface area contributed by atoms with Gasteiger partial charge in [0.15, 0.2) is 0 Å². The molecule has 2 heteroatoms. The maximum atomic E-state index is 9.06. The summed E-state index contributed by atoms with van der Waals surface area (Å²) in [4.78, 5) is 0. The number of nitrogens with zero attached hydrogens (tertiary/aromatic N) is 1. The average Bonchev–Trinajstić information content (AvgIpc) is 3.66. The van der Waals surface area contributed by atoms with E-state index in [4.69, 9.17) is 5.48 Å². The molecule has 0 aliphatic rings. The SMILES string of the molecule is [2H]c1c([2H])c([2H])c2c(sc3c2c(-c2ccc4ccccc4c2)cc2c3c3ccc(-c4ccccc4)cc3n2-c2ccccc2)c1[2H]. The molecule has 1 nitrogen and oxygen atoms in total. The topological polar surface area (TPSA) is 4.93 Å². The molecule has 0 unspecified atom stereocenters.